The highest BCUT2D eigenvalue weighted by molar-refractivity contribution is 7.90. The summed E-state index contributed by atoms with van der Waals surface area (Å²) < 4.78 is 31.7. The summed E-state index contributed by atoms with van der Waals surface area (Å²) in [7, 11) is -3.44. The molecule has 0 aliphatic heterocycles. The Bertz CT molecular complexity index is 1190. The summed E-state index contributed by atoms with van der Waals surface area (Å²) in [4.78, 5) is 2.60. The second-order valence-electron chi connectivity index (χ2n) is 8.05. The summed E-state index contributed by atoms with van der Waals surface area (Å²) in [6.45, 7) is 12.6. The lowest BCUT2D eigenvalue weighted by molar-refractivity contribution is 0.341. The Hall–Kier alpha value is -2.79. The Morgan fingerprint density at radius 3 is 2.06 bits per heavy atom. The smallest absolute Gasteiger partial charge is 0.176 e. The average molecular weight is 452 g/mol. The van der Waals surface area contributed by atoms with E-state index < -0.39 is 9.84 Å². The average Bonchev–Trinajstić information content (AvgIpc) is 2.75. The van der Waals surface area contributed by atoms with Gasteiger partial charge in [0.15, 0.2) is 9.84 Å². The van der Waals surface area contributed by atoms with E-state index in [2.05, 4.69) is 36.9 Å². The molecule has 0 saturated carbocycles. The van der Waals surface area contributed by atoms with Gasteiger partial charge in [-0.2, -0.15) is 0 Å². The van der Waals surface area contributed by atoms with E-state index in [-0.39, 0.29) is 0 Å². The second-order valence-corrected chi connectivity index (χ2v) is 10.0. The number of sulfone groups is 1. The minimum atomic E-state index is -3.44. The quantitative estimate of drug-likeness (QED) is 0.404. The van der Waals surface area contributed by atoms with Crippen molar-refractivity contribution in [1.82, 2.24) is 0 Å². The standard InChI is InChI=1S/C27H33NO3S/c1-7-28(8-2)22-15-16-23(24(18-22)31-9-3)26-20(5)12-17-25(32(6,29)30)27(26)21-13-10-19(4)11-14-21/h10-18H,7-9H2,1-6H3. The van der Waals surface area contributed by atoms with Gasteiger partial charge in [-0.1, -0.05) is 35.9 Å². The molecule has 0 amide bonds. The molecule has 0 heterocycles. The SMILES string of the molecule is CCOc1cc(N(CC)CC)ccc1-c1c(C)ccc(S(C)(=O)=O)c1-c1ccc(C)cc1. The molecule has 4 nitrogen and oxygen atoms in total. The fourth-order valence-corrected chi connectivity index (χ4v) is 5.03. The third kappa shape index (κ3) is 4.83. The summed E-state index contributed by atoms with van der Waals surface area (Å²) in [6.07, 6.45) is 1.27. The van der Waals surface area contributed by atoms with Gasteiger partial charge in [0.2, 0.25) is 0 Å². The molecule has 0 spiro atoms. The predicted molar refractivity (Wildman–Crippen MR) is 135 cm³/mol. The summed E-state index contributed by atoms with van der Waals surface area (Å²) in [5, 5.41) is 0. The molecule has 170 valence electrons. The highest BCUT2D eigenvalue weighted by Gasteiger charge is 2.23. The Morgan fingerprint density at radius 1 is 0.844 bits per heavy atom. The maximum Gasteiger partial charge on any atom is 0.176 e. The highest BCUT2D eigenvalue weighted by atomic mass is 32.2. The van der Waals surface area contributed by atoms with Crippen molar-refractivity contribution in [2.75, 3.05) is 30.9 Å². The van der Waals surface area contributed by atoms with Gasteiger partial charge in [0.1, 0.15) is 5.75 Å². The highest BCUT2D eigenvalue weighted by Crippen LogP contribution is 2.44. The van der Waals surface area contributed by atoms with E-state index in [1.54, 1.807) is 6.07 Å². The van der Waals surface area contributed by atoms with Gasteiger partial charge in [0, 0.05) is 42.2 Å². The van der Waals surface area contributed by atoms with Gasteiger partial charge in [0.25, 0.3) is 0 Å². The third-order valence-corrected chi connectivity index (χ3v) is 6.92. The molecule has 0 bridgehead atoms. The van der Waals surface area contributed by atoms with Crippen molar-refractivity contribution in [1.29, 1.82) is 0 Å². The van der Waals surface area contributed by atoms with Crippen LogP contribution in [0.15, 0.2) is 59.5 Å². The van der Waals surface area contributed by atoms with Crippen LogP contribution in [0.5, 0.6) is 5.75 Å². The molecular weight excluding hydrogens is 418 g/mol. The number of aryl methyl sites for hydroxylation is 2. The molecule has 3 aromatic carbocycles. The summed E-state index contributed by atoms with van der Waals surface area (Å²) in [6, 6.07) is 17.8. The van der Waals surface area contributed by atoms with Crippen molar-refractivity contribution >= 4 is 15.5 Å². The molecule has 0 saturated heterocycles. The summed E-state index contributed by atoms with van der Waals surface area (Å²) in [5.41, 5.74) is 6.63. The molecule has 0 unspecified atom stereocenters. The van der Waals surface area contributed by atoms with E-state index in [0.717, 1.165) is 57.9 Å². The maximum absolute atomic E-state index is 12.8. The first kappa shape index (κ1) is 23.9. The van der Waals surface area contributed by atoms with Crippen LogP contribution < -0.4 is 9.64 Å². The van der Waals surface area contributed by atoms with Gasteiger partial charge in [-0.15, -0.1) is 0 Å². The third-order valence-electron chi connectivity index (χ3n) is 5.78. The van der Waals surface area contributed by atoms with Crippen molar-refractivity contribution in [3.63, 3.8) is 0 Å². The van der Waals surface area contributed by atoms with Gasteiger partial charge in [-0.05, 0) is 69.5 Å². The van der Waals surface area contributed by atoms with Gasteiger partial charge in [0.05, 0.1) is 11.5 Å². The Kier molecular flexibility index (Phi) is 7.29. The van der Waals surface area contributed by atoms with Gasteiger partial charge >= 0.3 is 0 Å². The van der Waals surface area contributed by atoms with Crippen LogP contribution in [0.25, 0.3) is 22.3 Å². The van der Waals surface area contributed by atoms with Crippen LogP contribution in [0.4, 0.5) is 5.69 Å². The van der Waals surface area contributed by atoms with Crippen molar-refractivity contribution in [2.24, 2.45) is 0 Å². The van der Waals surface area contributed by atoms with E-state index in [0.29, 0.717) is 11.5 Å². The monoisotopic (exact) mass is 451 g/mol. The lowest BCUT2D eigenvalue weighted by Crippen LogP contribution is -2.21. The van der Waals surface area contributed by atoms with Crippen molar-refractivity contribution in [3.05, 3.63) is 65.7 Å². The fourth-order valence-electron chi connectivity index (χ4n) is 4.13. The first-order valence-corrected chi connectivity index (χ1v) is 13.0. The Balaban J connectivity index is 2.38. The van der Waals surface area contributed by atoms with E-state index >= 15 is 0 Å². The normalized spacial score (nSPS) is 11.4. The van der Waals surface area contributed by atoms with Crippen LogP contribution >= 0.6 is 0 Å². The maximum atomic E-state index is 12.8. The molecule has 0 radical (unpaired) electrons. The zero-order valence-electron chi connectivity index (χ0n) is 19.9. The van der Waals surface area contributed by atoms with Gasteiger partial charge in [-0.25, -0.2) is 8.42 Å². The molecule has 0 atom stereocenters. The van der Waals surface area contributed by atoms with E-state index in [1.807, 2.05) is 51.1 Å². The topological polar surface area (TPSA) is 46.6 Å². The van der Waals surface area contributed by atoms with E-state index in [1.165, 1.54) is 6.26 Å². The first-order chi connectivity index (χ1) is 15.2. The molecule has 5 heteroatoms. The molecule has 3 rings (SSSR count). The molecule has 32 heavy (non-hydrogen) atoms. The van der Waals surface area contributed by atoms with Crippen molar-refractivity contribution in [2.45, 2.75) is 39.5 Å². The number of nitrogens with zero attached hydrogens (tertiary/aromatic N) is 1. The number of rotatable bonds is 8. The van der Waals surface area contributed by atoms with Crippen LogP contribution in [0.3, 0.4) is 0 Å². The van der Waals surface area contributed by atoms with Gasteiger partial charge < -0.3 is 9.64 Å². The van der Waals surface area contributed by atoms with E-state index in [4.69, 9.17) is 4.74 Å². The molecular formula is C27H33NO3S. The minimum absolute atomic E-state index is 0.331. The number of hydrogen-bond donors (Lipinski definition) is 0. The molecule has 0 aliphatic carbocycles. The van der Waals surface area contributed by atoms with Crippen LogP contribution in [0.1, 0.15) is 31.9 Å². The lowest BCUT2D eigenvalue weighted by Gasteiger charge is -2.24. The number of hydrogen-bond acceptors (Lipinski definition) is 4. The number of ether oxygens (including phenoxy) is 1. The van der Waals surface area contributed by atoms with Crippen LogP contribution in [-0.2, 0) is 9.84 Å². The lowest BCUT2D eigenvalue weighted by atomic mass is 9.90. The predicted octanol–water partition coefficient (Wildman–Crippen LogP) is 6.29. The van der Waals surface area contributed by atoms with Gasteiger partial charge in [-0.3, -0.25) is 0 Å². The largest absolute Gasteiger partial charge is 0.493 e. The number of anilines is 1. The zero-order valence-corrected chi connectivity index (χ0v) is 20.7. The summed E-state index contributed by atoms with van der Waals surface area (Å²) >= 11 is 0. The molecule has 0 fully saturated rings. The Morgan fingerprint density at radius 2 is 1.50 bits per heavy atom. The zero-order chi connectivity index (χ0) is 23.5. The molecule has 0 aromatic heterocycles. The van der Waals surface area contributed by atoms with Crippen LogP contribution in [-0.4, -0.2) is 34.4 Å². The first-order valence-electron chi connectivity index (χ1n) is 11.1. The van der Waals surface area contributed by atoms with Crippen LogP contribution in [0.2, 0.25) is 0 Å². The minimum Gasteiger partial charge on any atom is -0.493 e. The summed E-state index contributed by atoms with van der Waals surface area (Å²) in [5.74, 6) is 0.763. The molecule has 3 aromatic rings. The van der Waals surface area contributed by atoms with E-state index in [9.17, 15) is 8.42 Å². The Labute approximate surface area is 192 Å². The molecule has 0 aliphatic rings. The van der Waals surface area contributed by atoms with Crippen LogP contribution in [0, 0.1) is 13.8 Å². The second kappa shape index (κ2) is 9.78. The molecule has 0 N–H and O–H groups in total. The van der Waals surface area contributed by atoms with Crippen molar-refractivity contribution < 1.29 is 13.2 Å². The number of benzene rings is 3. The fraction of sp³-hybridized carbons (Fsp3) is 0.333. The van der Waals surface area contributed by atoms with Crippen molar-refractivity contribution in [3.8, 4) is 28.0 Å².